The Morgan fingerprint density at radius 3 is 3.00 bits per heavy atom. The van der Waals surface area contributed by atoms with Gasteiger partial charge in [-0.25, -0.2) is 9.50 Å². The highest BCUT2D eigenvalue weighted by molar-refractivity contribution is 6.29. The fraction of sp³-hybridized carbons (Fsp3) is 0.571. The van der Waals surface area contributed by atoms with E-state index < -0.39 is 0 Å². The maximum Gasteiger partial charge on any atom is 0.156 e. The summed E-state index contributed by atoms with van der Waals surface area (Å²) in [7, 11) is 0. The van der Waals surface area contributed by atoms with Gasteiger partial charge in [-0.3, -0.25) is 0 Å². The molecule has 0 aromatic carbocycles. The highest BCUT2D eigenvalue weighted by atomic mass is 35.5. The molecule has 0 saturated heterocycles. The first-order chi connectivity index (χ1) is 8.65. The lowest BCUT2D eigenvalue weighted by molar-refractivity contribution is 0.261. The van der Waals surface area contributed by atoms with Crippen LogP contribution in [-0.4, -0.2) is 14.6 Å². The highest BCUT2D eigenvalue weighted by Crippen LogP contribution is 2.40. The van der Waals surface area contributed by atoms with E-state index in [4.69, 9.17) is 16.6 Å². The Morgan fingerprint density at radius 1 is 1.33 bits per heavy atom. The van der Waals surface area contributed by atoms with Gasteiger partial charge in [-0.05, 0) is 30.7 Å². The van der Waals surface area contributed by atoms with Crippen LogP contribution in [0, 0.1) is 11.8 Å². The topological polar surface area (TPSA) is 30.2 Å². The smallest absolute Gasteiger partial charge is 0.156 e. The molecular weight excluding hydrogens is 246 g/mol. The summed E-state index contributed by atoms with van der Waals surface area (Å²) >= 11 is 6.27. The van der Waals surface area contributed by atoms with Crippen LogP contribution in [0.5, 0.6) is 0 Å². The van der Waals surface area contributed by atoms with Gasteiger partial charge in [0.1, 0.15) is 5.15 Å². The quantitative estimate of drug-likeness (QED) is 0.730. The van der Waals surface area contributed by atoms with Crippen LogP contribution in [0.3, 0.4) is 0 Å². The minimum absolute atomic E-state index is 0.533. The number of aromatic nitrogens is 3. The largest absolute Gasteiger partial charge is 0.233 e. The molecule has 18 heavy (non-hydrogen) atoms. The third-order valence-electron chi connectivity index (χ3n) is 4.17. The van der Waals surface area contributed by atoms with Gasteiger partial charge >= 0.3 is 0 Å². The van der Waals surface area contributed by atoms with Crippen LogP contribution in [-0.2, 0) is 0 Å². The van der Waals surface area contributed by atoms with E-state index in [0.29, 0.717) is 17.0 Å². The molecule has 1 saturated carbocycles. The molecule has 0 amide bonds. The second-order valence-electron chi connectivity index (χ2n) is 5.61. The summed E-state index contributed by atoms with van der Waals surface area (Å²) < 4.78 is 1.68. The molecule has 0 radical (unpaired) electrons. The zero-order valence-corrected chi connectivity index (χ0v) is 11.6. The van der Waals surface area contributed by atoms with Gasteiger partial charge in [-0.15, -0.1) is 0 Å². The SMILES string of the molecule is CC1CCC(C)C(c2cc(Cl)n3nccc3n2)C1. The number of nitrogens with zero attached hydrogens (tertiary/aromatic N) is 3. The van der Waals surface area contributed by atoms with Crippen LogP contribution < -0.4 is 0 Å². The van der Waals surface area contributed by atoms with Crippen molar-refractivity contribution in [3.05, 3.63) is 29.2 Å². The van der Waals surface area contributed by atoms with E-state index in [1.165, 1.54) is 19.3 Å². The molecule has 2 aromatic rings. The molecule has 1 aliphatic carbocycles. The Balaban J connectivity index is 2.02. The predicted octanol–water partition coefficient (Wildman–Crippen LogP) is 3.92. The normalized spacial score (nSPS) is 28.7. The molecule has 1 fully saturated rings. The third-order valence-corrected chi connectivity index (χ3v) is 4.44. The zero-order valence-electron chi connectivity index (χ0n) is 10.8. The molecule has 3 rings (SSSR count). The Morgan fingerprint density at radius 2 is 2.17 bits per heavy atom. The number of hydrogen-bond donors (Lipinski definition) is 0. The molecule has 3 unspecified atom stereocenters. The first-order valence-corrected chi connectivity index (χ1v) is 7.03. The second kappa shape index (κ2) is 4.54. The van der Waals surface area contributed by atoms with E-state index in [0.717, 1.165) is 17.3 Å². The molecule has 3 atom stereocenters. The molecule has 3 nitrogen and oxygen atoms in total. The van der Waals surface area contributed by atoms with Crippen LogP contribution in [0.15, 0.2) is 18.3 Å². The van der Waals surface area contributed by atoms with Crippen molar-refractivity contribution in [3.8, 4) is 0 Å². The monoisotopic (exact) mass is 263 g/mol. The maximum absolute atomic E-state index is 6.27. The van der Waals surface area contributed by atoms with E-state index in [1.54, 1.807) is 10.7 Å². The highest BCUT2D eigenvalue weighted by Gasteiger charge is 2.28. The van der Waals surface area contributed by atoms with Crippen LogP contribution in [0.1, 0.15) is 44.7 Å². The van der Waals surface area contributed by atoms with Crippen LogP contribution in [0.25, 0.3) is 5.65 Å². The van der Waals surface area contributed by atoms with E-state index in [1.807, 2.05) is 12.1 Å². The first kappa shape index (κ1) is 12.0. The van der Waals surface area contributed by atoms with E-state index in [-0.39, 0.29) is 0 Å². The van der Waals surface area contributed by atoms with Crippen molar-refractivity contribution in [2.24, 2.45) is 11.8 Å². The number of fused-ring (bicyclic) bond motifs is 1. The lowest BCUT2D eigenvalue weighted by Crippen LogP contribution is -2.21. The standard InChI is InChI=1S/C14H18ClN3/c1-9-3-4-10(2)11(7-9)12-8-13(15)18-14(17-12)5-6-16-18/h5-6,8-11H,3-4,7H2,1-2H3. The average Bonchev–Trinajstić information content (AvgIpc) is 2.81. The molecular formula is C14H18ClN3. The number of rotatable bonds is 1. The molecule has 2 heterocycles. The number of hydrogen-bond acceptors (Lipinski definition) is 2. The van der Waals surface area contributed by atoms with Crippen LogP contribution in [0.4, 0.5) is 0 Å². The average molecular weight is 264 g/mol. The molecule has 96 valence electrons. The van der Waals surface area contributed by atoms with Gasteiger partial charge in [0, 0.05) is 17.7 Å². The molecule has 0 spiro atoms. The third kappa shape index (κ3) is 2.01. The Kier molecular flexibility index (Phi) is 3.02. The van der Waals surface area contributed by atoms with Crippen LogP contribution >= 0.6 is 11.6 Å². The molecule has 0 N–H and O–H groups in total. The predicted molar refractivity (Wildman–Crippen MR) is 72.9 cm³/mol. The van der Waals surface area contributed by atoms with E-state index in [9.17, 15) is 0 Å². The summed E-state index contributed by atoms with van der Waals surface area (Å²) in [4.78, 5) is 4.72. The lowest BCUT2D eigenvalue weighted by atomic mass is 9.74. The second-order valence-corrected chi connectivity index (χ2v) is 5.99. The molecule has 1 aliphatic rings. The fourth-order valence-corrected chi connectivity index (χ4v) is 3.27. The van der Waals surface area contributed by atoms with Crippen LogP contribution in [0.2, 0.25) is 5.15 Å². The summed E-state index contributed by atoms with van der Waals surface area (Å²) in [5.41, 5.74) is 1.98. The van der Waals surface area contributed by atoms with Crippen molar-refractivity contribution in [3.63, 3.8) is 0 Å². The van der Waals surface area contributed by atoms with E-state index >= 15 is 0 Å². The summed E-state index contributed by atoms with van der Waals surface area (Å²) in [6.45, 7) is 4.66. The lowest BCUT2D eigenvalue weighted by Gasteiger charge is -2.32. The van der Waals surface area contributed by atoms with Gasteiger partial charge in [0.05, 0.1) is 6.20 Å². The van der Waals surface area contributed by atoms with Crippen molar-refractivity contribution in [2.75, 3.05) is 0 Å². The van der Waals surface area contributed by atoms with Crippen molar-refractivity contribution < 1.29 is 0 Å². The van der Waals surface area contributed by atoms with Crippen molar-refractivity contribution in [1.82, 2.24) is 14.6 Å². The van der Waals surface area contributed by atoms with Crippen molar-refractivity contribution in [2.45, 2.75) is 39.0 Å². The maximum atomic E-state index is 6.27. The Hall–Kier alpha value is -1.09. The Labute approximate surface area is 112 Å². The van der Waals surface area contributed by atoms with Crippen molar-refractivity contribution >= 4 is 17.2 Å². The van der Waals surface area contributed by atoms with Gasteiger partial charge in [-0.2, -0.15) is 5.10 Å². The van der Waals surface area contributed by atoms with Gasteiger partial charge in [0.2, 0.25) is 0 Å². The Bertz CT molecular complexity index is 563. The molecule has 4 heteroatoms. The molecule has 0 bridgehead atoms. The summed E-state index contributed by atoms with van der Waals surface area (Å²) in [5.74, 6) is 2.01. The fourth-order valence-electron chi connectivity index (χ4n) is 3.03. The summed E-state index contributed by atoms with van der Waals surface area (Å²) in [5, 5.41) is 4.82. The van der Waals surface area contributed by atoms with Gasteiger partial charge in [0.15, 0.2) is 5.65 Å². The minimum Gasteiger partial charge on any atom is -0.233 e. The summed E-state index contributed by atoms with van der Waals surface area (Å²) in [6.07, 6.45) is 5.58. The minimum atomic E-state index is 0.533. The van der Waals surface area contributed by atoms with E-state index in [2.05, 4.69) is 18.9 Å². The molecule has 0 aliphatic heterocycles. The van der Waals surface area contributed by atoms with Gasteiger partial charge < -0.3 is 0 Å². The first-order valence-electron chi connectivity index (χ1n) is 6.65. The molecule has 2 aromatic heterocycles. The summed E-state index contributed by atoms with van der Waals surface area (Å²) in [6, 6.07) is 3.90. The van der Waals surface area contributed by atoms with Crippen molar-refractivity contribution in [1.29, 1.82) is 0 Å². The van der Waals surface area contributed by atoms with Gasteiger partial charge in [0.25, 0.3) is 0 Å². The number of halogens is 1. The van der Waals surface area contributed by atoms with Gasteiger partial charge in [-0.1, -0.05) is 31.9 Å². The zero-order chi connectivity index (χ0) is 12.7.